The van der Waals surface area contributed by atoms with Crippen LogP contribution in [0.15, 0.2) is 18.2 Å². The number of rotatable bonds is 5. The normalized spacial score (nSPS) is 17.9. The van der Waals surface area contributed by atoms with Crippen molar-refractivity contribution in [1.29, 1.82) is 5.26 Å². The van der Waals surface area contributed by atoms with E-state index >= 15 is 0 Å². The van der Waals surface area contributed by atoms with Gasteiger partial charge in [-0.05, 0) is 55.4 Å². The zero-order valence-corrected chi connectivity index (χ0v) is 10.6. The Morgan fingerprint density at radius 3 is 3.11 bits per heavy atom. The highest BCUT2D eigenvalue weighted by Crippen LogP contribution is 2.32. The van der Waals surface area contributed by atoms with Gasteiger partial charge in [0, 0.05) is 6.42 Å². The van der Waals surface area contributed by atoms with Crippen LogP contribution in [0.3, 0.4) is 0 Å². The van der Waals surface area contributed by atoms with E-state index in [0.717, 1.165) is 43.4 Å². The molecule has 1 atom stereocenters. The van der Waals surface area contributed by atoms with Gasteiger partial charge >= 0.3 is 0 Å². The number of aliphatic hydroxyl groups excluding tert-OH is 1. The average Bonchev–Trinajstić information content (AvgIpc) is 2.39. The van der Waals surface area contributed by atoms with Crippen molar-refractivity contribution in [3.8, 4) is 11.8 Å². The highest BCUT2D eigenvalue weighted by molar-refractivity contribution is 5.38. The third kappa shape index (κ3) is 3.24. The van der Waals surface area contributed by atoms with Crippen molar-refractivity contribution in [2.75, 3.05) is 6.61 Å². The summed E-state index contributed by atoms with van der Waals surface area (Å²) in [4.78, 5) is 0. The maximum absolute atomic E-state index is 9.94. The van der Waals surface area contributed by atoms with E-state index in [1.807, 2.05) is 12.1 Å². The molecule has 0 saturated carbocycles. The Morgan fingerprint density at radius 1 is 1.39 bits per heavy atom. The molecule has 0 aliphatic heterocycles. The highest BCUT2D eigenvalue weighted by atomic mass is 16.5. The summed E-state index contributed by atoms with van der Waals surface area (Å²) in [6.07, 6.45) is 4.98. The fourth-order valence-corrected chi connectivity index (χ4v) is 2.34. The molecule has 1 aliphatic rings. The lowest BCUT2D eigenvalue weighted by Crippen LogP contribution is -2.09. The van der Waals surface area contributed by atoms with Gasteiger partial charge in [-0.15, -0.1) is 0 Å². The smallest absolute Gasteiger partial charge is 0.119 e. The number of benzene rings is 1. The summed E-state index contributed by atoms with van der Waals surface area (Å²) >= 11 is 0. The zero-order valence-electron chi connectivity index (χ0n) is 10.6. The number of nitriles is 1. The maximum Gasteiger partial charge on any atom is 0.119 e. The van der Waals surface area contributed by atoms with Crippen molar-refractivity contribution in [3.05, 3.63) is 29.3 Å². The fourth-order valence-electron chi connectivity index (χ4n) is 2.34. The summed E-state index contributed by atoms with van der Waals surface area (Å²) in [6, 6.07) is 8.12. The molecule has 0 spiro atoms. The second-order valence-corrected chi connectivity index (χ2v) is 4.73. The molecule has 96 valence electrons. The molecule has 0 amide bonds. The van der Waals surface area contributed by atoms with E-state index in [0.29, 0.717) is 13.0 Å². The Labute approximate surface area is 108 Å². The zero-order chi connectivity index (χ0) is 12.8. The van der Waals surface area contributed by atoms with Crippen LogP contribution in [0.1, 0.15) is 49.3 Å². The van der Waals surface area contributed by atoms with Crippen molar-refractivity contribution in [2.45, 2.75) is 44.6 Å². The van der Waals surface area contributed by atoms with Crippen molar-refractivity contribution >= 4 is 0 Å². The molecule has 1 aromatic carbocycles. The Bertz CT molecular complexity index is 437. The molecular weight excluding hydrogens is 226 g/mol. The van der Waals surface area contributed by atoms with Crippen LogP contribution in [0.2, 0.25) is 0 Å². The molecule has 1 aliphatic carbocycles. The fraction of sp³-hybridized carbons (Fsp3) is 0.533. The molecule has 1 unspecified atom stereocenters. The number of unbranched alkanes of at least 4 members (excludes halogenated alkanes) is 2. The molecular formula is C15H19NO2. The Hall–Kier alpha value is -1.53. The third-order valence-corrected chi connectivity index (χ3v) is 3.35. The van der Waals surface area contributed by atoms with E-state index < -0.39 is 0 Å². The topological polar surface area (TPSA) is 53.2 Å². The standard InChI is InChI=1S/C15H19NO2/c16-9-2-1-3-10-18-13-8-7-12-5-4-6-15(17)14(12)11-13/h7-8,11,15,17H,1-6,10H2. The van der Waals surface area contributed by atoms with E-state index in [4.69, 9.17) is 10.00 Å². The number of hydrogen-bond acceptors (Lipinski definition) is 3. The van der Waals surface area contributed by atoms with Gasteiger partial charge in [-0.3, -0.25) is 0 Å². The largest absolute Gasteiger partial charge is 0.494 e. The number of nitrogens with zero attached hydrogens (tertiary/aromatic N) is 1. The summed E-state index contributed by atoms with van der Waals surface area (Å²) in [7, 11) is 0. The number of hydrogen-bond donors (Lipinski definition) is 1. The highest BCUT2D eigenvalue weighted by Gasteiger charge is 2.18. The lowest BCUT2D eigenvalue weighted by atomic mass is 9.89. The van der Waals surface area contributed by atoms with Crippen molar-refractivity contribution in [2.24, 2.45) is 0 Å². The van der Waals surface area contributed by atoms with Crippen LogP contribution in [-0.2, 0) is 6.42 Å². The molecule has 1 N–H and O–H groups in total. The minimum absolute atomic E-state index is 0.337. The number of ether oxygens (including phenoxy) is 1. The predicted molar refractivity (Wildman–Crippen MR) is 69.3 cm³/mol. The summed E-state index contributed by atoms with van der Waals surface area (Å²) in [5.74, 6) is 0.826. The molecule has 0 heterocycles. The van der Waals surface area contributed by atoms with Crippen LogP contribution in [0, 0.1) is 11.3 Å². The molecule has 18 heavy (non-hydrogen) atoms. The van der Waals surface area contributed by atoms with Crippen LogP contribution in [-0.4, -0.2) is 11.7 Å². The first kappa shape index (κ1) is 12.9. The SMILES string of the molecule is N#CCCCCOc1ccc2c(c1)C(O)CCC2. The molecule has 3 heteroatoms. The van der Waals surface area contributed by atoms with Gasteiger partial charge in [-0.25, -0.2) is 0 Å². The summed E-state index contributed by atoms with van der Waals surface area (Å²) in [6.45, 7) is 0.635. The minimum Gasteiger partial charge on any atom is -0.494 e. The van der Waals surface area contributed by atoms with Crippen LogP contribution in [0.4, 0.5) is 0 Å². The second kappa shape index (κ2) is 6.42. The van der Waals surface area contributed by atoms with Gasteiger partial charge in [-0.2, -0.15) is 5.26 Å². The van der Waals surface area contributed by atoms with Crippen molar-refractivity contribution < 1.29 is 9.84 Å². The maximum atomic E-state index is 9.94. The van der Waals surface area contributed by atoms with Crippen molar-refractivity contribution in [1.82, 2.24) is 0 Å². The van der Waals surface area contributed by atoms with Crippen LogP contribution >= 0.6 is 0 Å². The Morgan fingerprint density at radius 2 is 2.28 bits per heavy atom. The van der Waals surface area contributed by atoms with E-state index in [-0.39, 0.29) is 6.10 Å². The first-order valence-electron chi connectivity index (χ1n) is 6.62. The van der Waals surface area contributed by atoms with E-state index in [2.05, 4.69) is 12.1 Å². The third-order valence-electron chi connectivity index (χ3n) is 3.35. The predicted octanol–water partition coefficient (Wildman–Crippen LogP) is 3.13. The molecule has 0 saturated heterocycles. The molecule has 0 fully saturated rings. The lowest BCUT2D eigenvalue weighted by molar-refractivity contribution is 0.156. The summed E-state index contributed by atoms with van der Waals surface area (Å²) in [5.41, 5.74) is 2.27. The van der Waals surface area contributed by atoms with E-state index in [1.54, 1.807) is 0 Å². The van der Waals surface area contributed by atoms with Crippen molar-refractivity contribution in [3.63, 3.8) is 0 Å². The molecule has 0 aromatic heterocycles. The van der Waals surface area contributed by atoms with Gasteiger partial charge in [0.05, 0.1) is 18.8 Å². The molecule has 1 aromatic rings. The summed E-state index contributed by atoms with van der Waals surface area (Å²) < 4.78 is 5.65. The van der Waals surface area contributed by atoms with E-state index in [9.17, 15) is 5.11 Å². The molecule has 0 bridgehead atoms. The van der Waals surface area contributed by atoms with Gasteiger partial charge in [-0.1, -0.05) is 6.07 Å². The molecule has 2 rings (SSSR count). The van der Waals surface area contributed by atoms with Crippen LogP contribution in [0.25, 0.3) is 0 Å². The van der Waals surface area contributed by atoms with Crippen LogP contribution < -0.4 is 4.74 Å². The Kier molecular flexibility index (Phi) is 4.60. The summed E-state index contributed by atoms with van der Waals surface area (Å²) in [5, 5.41) is 18.4. The Balaban J connectivity index is 1.90. The van der Waals surface area contributed by atoms with Gasteiger partial charge in [0.25, 0.3) is 0 Å². The van der Waals surface area contributed by atoms with Gasteiger partial charge in [0.15, 0.2) is 0 Å². The second-order valence-electron chi connectivity index (χ2n) is 4.73. The van der Waals surface area contributed by atoms with Gasteiger partial charge < -0.3 is 9.84 Å². The van der Waals surface area contributed by atoms with Gasteiger partial charge in [0.2, 0.25) is 0 Å². The number of aliphatic hydroxyl groups is 1. The minimum atomic E-state index is -0.337. The van der Waals surface area contributed by atoms with E-state index in [1.165, 1.54) is 5.56 Å². The lowest BCUT2D eigenvalue weighted by Gasteiger charge is -2.21. The average molecular weight is 245 g/mol. The first-order valence-corrected chi connectivity index (χ1v) is 6.62. The number of aryl methyl sites for hydroxylation is 1. The molecule has 0 radical (unpaired) electrons. The van der Waals surface area contributed by atoms with Gasteiger partial charge in [0.1, 0.15) is 5.75 Å². The van der Waals surface area contributed by atoms with Crippen LogP contribution in [0.5, 0.6) is 5.75 Å². The quantitative estimate of drug-likeness (QED) is 0.811. The molecule has 3 nitrogen and oxygen atoms in total. The number of fused-ring (bicyclic) bond motifs is 1. The first-order chi connectivity index (χ1) is 8.81. The monoisotopic (exact) mass is 245 g/mol.